The van der Waals surface area contributed by atoms with Crippen LogP contribution in [0, 0.1) is 6.92 Å². The number of halogens is 1. The van der Waals surface area contributed by atoms with E-state index in [4.69, 9.17) is 4.74 Å². The molecule has 8 heteroatoms. The molecule has 2 N–H and O–H groups in total. The van der Waals surface area contributed by atoms with Gasteiger partial charge in [-0.2, -0.15) is 0 Å². The second-order valence-electron chi connectivity index (χ2n) is 5.60. The summed E-state index contributed by atoms with van der Waals surface area (Å²) in [6, 6.07) is 4.51. The Kier molecular flexibility index (Phi) is 7.01. The quantitative estimate of drug-likeness (QED) is 0.795. The van der Waals surface area contributed by atoms with Gasteiger partial charge in [0.2, 0.25) is 10.0 Å². The van der Waals surface area contributed by atoms with Gasteiger partial charge in [0.05, 0.1) is 17.6 Å². The van der Waals surface area contributed by atoms with E-state index < -0.39 is 16.0 Å². The van der Waals surface area contributed by atoms with Crippen molar-refractivity contribution >= 4 is 28.4 Å². The lowest BCUT2D eigenvalue weighted by atomic mass is 10.0. The molecule has 1 aromatic carbocycles. The van der Waals surface area contributed by atoms with Gasteiger partial charge in [0.25, 0.3) is 0 Å². The first kappa shape index (κ1) is 19.9. The molecule has 2 rings (SSSR count). The molecule has 6 nitrogen and oxygen atoms in total. The smallest absolute Gasteiger partial charge is 0.339 e. The number of piperidine rings is 1. The Hall–Kier alpha value is -1.15. The van der Waals surface area contributed by atoms with Gasteiger partial charge in [0.1, 0.15) is 0 Å². The lowest BCUT2D eigenvalue weighted by Crippen LogP contribution is -2.51. The molecule has 1 aliphatic rings. The third-order valence-corrected chi connectivity index (χ3v) is 5.45. The molecule has 1 aromatic rings. The van der Waals surface area contributed by atoms with Gasteiger partial charge in [-0.25, -0.2) is 17.9 Å². The highest BCUT2D eigenvalue weighted by Gasteiger charge is 2.29. The number of nitrogens with one attached hydrogen (secondary N) is 2. The molecule has 1 fully saturated rings. The number of hydrogen-bond acceptors (Lipinski definition) is 5. The van der Waals surface area contributed by atoms with Crippen molar-refractivity contribution in [3.05, 3.63) is 29.3 Å². The summed E-state index contributed by atoms with van der Waals surface area (Å²) in [7, 11) is -2.55. The molecule has 2 atom stereocenters. The molecule has 1 aliphatic heterocycles. The first-order chi connectivity index (χ1) is 10.3. The zero-order valence-electron chi connectivity index (χ0n) is 13.5. The summed E-state index contributed by atoms with van der Waals surface area (Å²) in [6.07, 6.45) is 1.68. The molecular formula is C15H23ClN2O4S. The Morgan fingerprint density at radius 3 is 2.70 bits per heavy atom. The number of benzene rings is 1. The molecule has 0 saturated carbocycles. The van der Waals surface area contributed by atoms with Crippen LogP contribution in [0.2, 0.25) is 0 Å². The van der Waals surface area contributed by atoms with Crippen molar-refractivity contribution in [2.24, 2.45) is 0 Å². The first-order valence-corrected chi connectivity index (χ1v) is 8.78. The van der Waals surface area contributed by atoms with Crippen molar-refractivity contribution in [1.82, 2.24) is 10.0 Å². The summed E-state index contributed by atoms with van der Waals surface area (Å²) in [6.45, 7) is 4.63. The van der Waals surface area contributed by atoms with E-state index >= 15 is 0 Å². The minimum Gasteiger partial charge on any atom is -0.465 e. The van der Waals surface area contributed by atoms with Gasteiger partial charge in [-0.1, -0.05) is 11.6 Å². The summed E-state index contributed by atoms with van der Waals surface area (Å²) < 4.78 is 32.7. The maximum absolute atomic E-state index is 12.7. The van der Waals surface area contributed by atoms with Crippen LogP contribution in [0.25, 0.3) is 0 Å². The lowest BCUT2D eigenvalue weighted by molar-refractivity contribution is 0.0596. The average molecular weight is 363 g/mol. The number of methoxy groups -OCH3 is 1. The first-order valence-electron chi connectivity index (χ1n) is 7.30. The molecule has 0 bridgehead atoms. The van der Waals surface area contributed by atoms with Crippen LogP contribution in [-0.2, 0) is 14.8 Å². The van der Waals surface area contributed by atoms with Crippen molar-refractivity contribution in [2.75, 3.05) is 13.7 Å². The fourth-order valence-electron chi connectivity index (χ4n) is 2.62. The van der Waals surface area contributed by atoms with Gasteiger partial charge in [-0.05, 0) is 45.4 Å². The second-order valence-corrected chi connectivity index (χ2v) is 7.29. The van der Waals surface area contributed by atoms with Crippen LogP contribution >= 0.6 is 12.4 Å². The monoisotopic (exact) mass is 362 g/mol. The maximum Gasteiger partial charge on any atom is 0.339 e. The second kappa shape index (κ2) is 8.10. The van der Waals surface area contributed by atoms with E-state index in [-0.39, 0.29) is 34.9 Å². The largest absolute Gasteiger partial charge is 0.465 e. The van der Waals surface area contributed by atoms with Crippen molar-refractivity contribution in [2.45, 2.75) is 43.7 Å². The normalized spacial score (nSPS) is 21.3. The van der Waals surface area contributed by atoms with Crippen LogP contribution in [0.3, 0.4) is 0 Å². The summed E-state index contributed by atoms with van der Waals surface area (Å²) in [5.74, 6) is -0.654. The van der Waals surface area contributed by atoms with Gasteiger partial charge in [0, 0.05) is 12.1 Å². The minimum atomic E-state index is -3.79. The van der Waals surface area contributed by atoms with E-state index in [2.05, 4.69) is 10.0 Å². The maximum atomic E-state index is 12.7. The molecule has 0 aromatic heterocycles. The van der Waals surface area contributed by atoms with Crippen LogP contribution in [0.5, 0.6) is 0 Å². The Bertz CT molecular complexity index is 663. The molecule has 1 saturated heterocycles. The number of rotatable bonds is 4. The summed E-state index contributed by atoms with van der Waals surface area (Å²) in [4.78, 5) is 11.8. The van der Waals surface area contributed by atoms with Crippen molar-refractivity contribution in [3.8, 4) is 0 Å². The van der Waals surface area contributed by atoms with Crippen LogP contribution in [-0.4, -0.2) is 40.1 Å². The Morgan fingerprint density at radius 2 is 2.09 bits per heavy atom. The highest BCUT2D eigenvalue weighted by Crippen LogP contribution is 2.20. The average Bonchev–Trinajstić information content (AvgIpc) is 2.48. The molecule has 0 spiro atoms. The summed E-state index contributed by atoms with van der Waals surface area (Å²) in [5.41, 5.74) is 0.860. The highest BCUT2D eigenvalue weighted by atomic mass is 35.5. The van der Waals surface area contributed by atoms with Crippen LogP contribution in [0.1, 0.15) is 35.7 Å². The van der Waals surface area contributed by atoms with E-state index in [1.165, 1.54) is 19.2 Å². The number of ether oxygens (including phenoxy) is 1. The predicted octanol–water partition coefficient (Wildman–Crippen LogP) is 1.62. The Balaban J connectivity index is 0.00000264. The van der Waals surface area contributed by atoms with Gasteiger partial charge >= 0.3 is 5.97 Å². The van der Waals surface area contributed by atoms with Gasteiger partial charge < -0.3 is 10.1 Å². The molecule has 130 valence electrons. The van der Waals surface area contributed by atoms with Crippen LogP contribution < -0.4 is 10.0 Å². The number of sulfonamides is 1. The van der Waals surface area contributed by atoms with E-state index in [0.717, 1.165) is 24.9 Å². The number of carbonyl (C=O) groups excluding carboxylic acids is 1. The molecule has 1 heterocycles. The van der Waals surface area contributed by atoms with Gasteiger partial charge in [-0.3, -0.25) is 0 Å². The Morgan fingerprint density at radius 1 is 1.39 bits per heavy atom. The zero-order valence-corrected chi connectivity index (χ0v) is 15.1. The van der Waals surface area contributed by atoms with Gasteiger partial charge in [0.15, 0.2) is 0 Å². The number of esters is 1. The topological polar surface area (TPSA) is 84.5 Å². The van der Waals surface area contributed by atoms with E-state index in [0.29, 0.717) is 0 Å². The number of hydrogen-bond donors (Lipinski definition) is 2. The van der Waals surface area contributed by atoms with E-state index in [1.54, 1.807) is 13.0 Å². The standard InChI is InChI=1S/C15H22N2O4S.ClH/c1-10-6-7-14(12(9-10)15(18)21-3)22(19,20)17-13-5-4-8-16-11(13)2;/h6-7,9,11,13,16-17H,4-5,8H2,1-3H3;1H. The fourth-order valence-corrected chi connectivity index (χ4v) is 4.14. The lowest BCUT2D eigenvalue weighted by Gasteiger charge is -2.30. The third-order valence-electron chi connectivity index (χ3n) is 3.90. The number of aryl methyl sites for hydroxylation is 1. The van der Waals surface area contributed by atoms with E-state index in [1.807, 2.05) is 6.92 Å². The van der Waals surface area contributed by atoms with Crippen molar-refractivity contribution < 1.29 is 17.9 Å². The fraction of sp³-hybridized carbons (Fsp3) is 0.533. The number of carbonyl (C=O) groups is 1. The minimum absolute atomic E-state index is 0. The molecule has 0 aliphatic carbocycles. The van der Waals surface area contributed by atoms with Crippen LogP contribution in [0.15, 0.2) is 23.1 Å². The molecule has 0 amide bonds. The van der Waals surface area contributed by atoms with Crippen molar-refractivity contribution in [1.29, 1.82) is 0 Å². The van der Waals surface area contributed by atoms with Crippen molar-refractivity contribution in [3.63, 3.8) is 0 Å². The zero-order chi connectivity index (χ0) is 16.3. The van der Waals surface area contributed by atoms with E-state index in [9.17, 15) is 13.2 Å². The summed E-state index contributed by atoms with van der Waals surface area (Å²) in [5, 5.41) is 3.25. The third kappa shape index (κ3) is 4.67. The van der Waals surface area contributed by atoms with Gasteiger partial charge in [-0.15, -0.1) is 12.4 Å². The van der Waals surface area contributed by atoms with Crippen LogP contribution in [0.4, 0.5) is 0 Å². The molecule has 2 unspecified atom stereocenters. The summed E-state index contributed by atoms with van der Waals surface area (Å²) >= 11 is 0. The molecular weight excluding hydrogens is 340 g/mol. The SMILES string of the molecule is COC(=O)c1cc(C)ccc1S(=O)(=O)NC1CCCNC1C.Cl. The Labute approximate surface area is 143 Å². The predicted molar refractivity (Wildman–Crippen MR) is 90.6 cm³/mol. The molecule has 0 radical (unpaired) electrons. The molecule has 23 heavy (non-hydrogen) atoms. The highest BCUT2D eigenvalue weighted by molar-refractivity contribution is 7.89.